The van der Waals surface area contributed by atoms with Crippen LogP contribution < -0.4 is 16.4 Å². The number of rotatable bonds is 5. The largest absolute Gasteiger partial charge is 0.351 e. The average molecular weight is 394 g/mol. The molecule has 0 aliphatic rings. The number of benzene rings is 3. The number of nitrogens with two attached hydrogens (primary N) is 1. The first-order valence-electron chi connectivity index (χ1n) is 8.31. The third-order valence-electron chi connectivity index (χ3n) is 3.91. The van der Waals surface area contributed by atoms with Crippen LogP contribution in [-0.2, 0) is 0 Å². The van der Waals surface area contributed by atoms with Crippen molar-refractivity contribution in [2.45, 2.75) is 0 Å². The number of nitrogens with one attached hydrogen (secondary N) is 2. The van der Waals surface area contributed by atoms with Crippen LogP contribution in [0.25, 0.3) is 0 Å². The van der Waals surface area contributed by atoms with Gasteiger partial charge in [0.1, 0.15) is 0 Å². The average Bonchev–Trinajstić information content (AvgIpc) is 2.68. The first-order valence-corrected chi connectivity index (χ1v) is 8.69. The zero-order valence-corrected chi connectivity index (χ0v) is 15.4. The van der Waals surface area contributed by atoms with Crippen LogP contribution in [0.15, 0.2) is 72.8 Å². The van der Waals surface area contributed by atoms with Gasteiger partial charge in [0.05, 0.1) is 5.56 Å². The van der Waals surface area contributed by atoms with Crippen LogP contribution in [0.5, 0.6) is 0 Å². The van der Waals surface area contributed by atoms with E-state index in [1.165, 1.54) is 0 Å². The molecule has 0 heterocycles. The minimum Gasteiger partial charge on any atom is -0.351 e. The molecule has 0 aromatic heterocycles. The van der Waals surface area contributed by atoms with Crippen molar-refractivity contribution in [1.82, 2.24) is 0 Å². The van der Waals surface area contributed by atoms with Crippen LogP contribution in [0.2, 0.25) is 5.02 Å². The van der Waals surface area contributed by atoms with Crippen molar-refractivity contribution in [2.24, 2.45) is 5.73 Å². The number of halogens is 1. The van der Waals surface area contributed by atoms with Crippen molar-refractivity contribution in [2.75, 3.05) is 10.6 Å². The Bertz CT molecular complexity index is 1050. The van der Waals surface area contributed by atoms with E-state index in [4.69, 9.17) is 17.3 Å². The molecule has 3 rings (SSSR count). The number of carbonyl (C=O) groups excluding carboxylic acids is 3. The highest BCUT2D eigenvalue weighted by Gasteiger charge is 2.18. The van der Waals surface area contributed by atoms with Gasteiger partial charge < -0.3 is 16.4 Å². The Morgan fingerprint density at radius 3 is 2.00 bits per heavy atom. The number of primary amides is 1. The molecule has 4 N–H and O–H groups in total. The summed E-state index contributed by atoms with van der Waals surface area (Å²) in [5, 5.41) is 5.68. The van der Waals surface area contributed by atoms with Gasteiger partial charge in [0, 0.05) is 27.5 Å². The number of amides is 3. The summed E-state index contributed by atoms with van der Waals surface area (Å²) in [4.78, 5) is 36.6. The molecule has 0 radical (unpaired) electrons. The molecule has 0 saturated carbocycles. The molecule has 28 heavy (non-hydrogen) atoms. The molecule has 3 aromatic carbocycles. The fourth-order valence-corrected chi connectivity index (χ4v) is 2.78. The molecule has 0 fully saturated rings. The second kappa shape index (κ2) is 8.37. The lowest BCUT2D eigenvalue weighted by atomic mass is 9.98. The first kappa shape index (κ1) is 19.1. The van der Waals surface area contributed by atoms with Crippen LogP contribution in [-0.4, -0.2) is 17.7 Å². The second-order valence-electron chi connectivity index (χ2n) is 5.91. The Morgan fingerprint density at radius 1 is 0.750 bits per heavy atom. The monoisotopic (exact) mass is 393 g/mol. The highest BCUT2D eigenvalue weighted by atomic mass is 35.5. The zero-order chi connectivity index (χ0) is 20.1. The van der Waals surface area contributed by atoms with E-state index in [1.807, 2.05) is 0 Å². The highest BCUT2D eigenvalue weighted by Crippen LogP contribution is 2.20. The predicted octanol–water partition coefficient (Wildman–Crippen LogP) is 4.31. The number of anilines is 2. The standard InChI is InChI=1S/C21H16ClN3O3/c22-14-10-8-13(9-11-14)19(26)17-6-1-2-7-18(17)20(27)24-15-4-3-5-16(12-15)25-21(23)28/h1-12H,(H,24,27)(H3,23,25,28). The van der Waals surface area contributed by atoms with Gasteiger partial charge >= 0.3 is 6.03 Å². The Kier molecular flexibility index (Phi) is 5.72. The van der Waals surface area contributed by atoms with E-state index < -0.39 is 11.9 Å². The lowest BCUT2D eigenvalue weighted by molar-refractivity contribution is 0.0996. The molecule has 0 spiro atoms. The van der Waals surface area contributed by atoms with Gasteiger partial charge in [0.25, 0.3) is 5.91 Å². The topological polar surface area (TPSA) is 101 Å². The number of carbonyl (C=O) groups is 3. The number of urea groups is 1. The normalized spacial score (nSPS) is 10.2. The minimum absolute atomic E-state index is 0.232. The zero-order valence-electron chi connectivity index (χ0n) is 14.6. The fourth-order valence-electron chi connectivity index (χ4n) is 2.65. The molecule has 140 valence electrons. The summed E-state index contributed by atoms with van der Waals surface area (Å²) >= 11 is 5.87. The van der Waals surface area contributed by atoms with Crippen LogP contribution in [0.4, 0.5) is 16.2 Å². The van der Waals surface area contributed by atoms with E-state index in [9.17, 15) is 14.4 Å². The van der Waals surface area contributed by atoms with Gasteiger partial charge in [-0.3, -0.25) is 9.59 Å². The van der Waals surface area contributed by atoms with Gasteiger partial charge in [-0.25, -0.2) is 4.79 Å². The van der Waals surface area contributed by atoms with E-state index in [0.29, 0.717) is 22.0 Å². The predicted molar refractivity (Wildman–Crippen MR) is 109 cm³/mol. The van der Waals surface area contributed by atoms with Gasteiger partial charge in [-0.15, -0.1) is 0 Å². The Hall–Kier alpha value is -3.64. The maximum Gasteiger partial charge on any atom is 0.316 e. The van der Waals surface area contributed by atoms with Crippen LogP contribution in [0.1, 0.15) is 26.3 Å². The van der Waals surface area contributed by atoms with E-state index >= 15 is 0 Å². The maximum absolute atomic E-state index is 12.8. The Labute approximate surface area is 166 Å². The lowest BCUT2D eigenvalue weighted by Crippen LogP contribution is -2.20. The van der Waals surface area contributed by atoms with Crippen molar-refractivity contribution in [3.05, 3.63) is 94.5 Å². The van der Waals surface area contributed by atoms with Gasteiger partial charge in [-0.1, -0.05) is 35.9 Å². The van der Waals surface area contributed by atoms with E-state index in [2.05, 4.69) is 10.6 Å². The van der Waals surface area contributed by atoms with E-state index in [0.717, 1.165) is 0 Å². The third kappa shape index (κ3) is 4.55. The van der Waals surface area contributed by atoms with Gasteiger partial charge in [0.15, 0.2) is 5.78 Å². The molecule has 3 aromatic rings. The molecular formula is C21H16ClN3O3. The van der Waals surface area contributed by atoms with Gasteiger partial charge in [-0.2, -0.15) is 0 Å². The molecule has 6 nitrogen and oxygen atoms in total. The highest BCUT2D eigenvalue weighted by molar-refractivity contribution is 6.30. The summed E-state index contributed by atoms with van der Waals surface area (Å²) in [6, 6.07) is 18.8. The molecule has 0 aliphatic carbocycles. The molecule has 7 heteroatoms. The molecule has 0 aliphatic heterocycles. The van der Waals surface area contributed by atoms with E-state index in [-0.39, 0.29) is 16.9 Å². The van der Waals surface area contributed by atoms with Crippen molar-refractivity contribution in [3.63, 3.8) is 0 Å². The third-order valence-corrected chi connectivity index (χ3v) is 4.16. The fraction of sp³-hybridized carbons (Fsp3) is 0. The lowest BCUT2D eigenvalue weighted by Gasteiger charge is -2.11. The Balaban J connectivity index is 1.86. The summed E-state index contributed by atoms with van der Waals surface area (Å²) in [6.45, 7) is 0. The molecule has 0 atom stereocenters. The van der Waals surface area contributed by atoms with Crippen LogP contribution in [0.3, 0.4) is 0 Å². The number of hydrogen-bond donors (Lipinski definition) is 3. The maximum atomic E-state index is 12.8. The van der Waals surface area contributed by atoms with Crippen molar-refractivity contribution < 1.29 is 14.4 Å². The summed E-state index contributed by atoms with van der Waals surface area (Å²) < 4.78 is 0. The summed E-state index contributed by atoms with van der Waals surface area (Å²) in [6.07, 6.45) is 0. The van der Waals surface area contributed by atoms with Crippen LogP contribution >= 0.6 is 11.6 Å². The van der Waals surface area contributed by atoms with E-state index in [1.54, 1.807) is 72.8 Å². The molecule has 0 unspecified atom stereocenters. The summed E-state index contributed by atoms with van der Waals surface area (Å²) in [5.41, 5.74) is 6.92. The molecule has 0 bridgehead atoms. The quantitative estimate of drug-likeness (QED) is 0.563. The first-order chi connectivity index (χ1) is 13.4. The van der Waals surface area contributed by atoms with Gasteiger partial charge in [0.2, 0.25) is 0 Å². The summed E-state index contributed by atoms with van der Waals surface area (Å²) in [7, 11) is 0. The minimum atomic E-state index is -0.706. The summed E-state index contributed by atoms with van der Waals surface area (Å²) in [5.74, 6) is -0.735. The molecule has 3 amide bonds. The van der Waals surface area contributed by atoms with Crippen LogP contribution in [0, 0.1) is 0 Å². The number of ketones is 1. The van der Waals surface area contributed by atoms with Crippen molar-refractivity contribution in [1.29, 1.82) is 0 Å². The SMILES string of the molecule is NC(=O)Nc1cccc(NC(=O)c2ccccc2C(=O)c2ccc(Cl)cc2)c1. The number of hydrogen-bond acceptors (Lipinski definition) is 3. The molecule has 0 saturated heterocycles. The van der Waals surface area contributed by atoms with Crippen molar-refractivity contribution >= 4 is 40.7 Å². The molecular weight excluding hydrogens is 378 g/mol. The smallest absolute Gasteiger partial charge is 0.316 e. The van der Waals surface area contributed by atoms with Gasteiger partial charge in [-0.05, 0) is 48.5 Å². The van der Waals surface area contributed by atoms with Crippen molar-refractivity contribution in [3.8, 4) is 0 Å². The second-order valence-corrected chi connectivity index (χ2v) is 6.34. The Morgan fingerprint density at radius 2 is 1.36 bits per heavy atom.